The molecule has 152 valence electrons. The largest absolute Gasteiger partial charge is 0.480 e. The van der Waals surface area contributed by atoms with Crippen molar-refractivity contribution >= 4 is 29.7 Å². The molecule has 0 aliphatic heterocycles. The highest BCUT2D eigenvalue weighted by Gasteiger charge is 2.14. The Hall–Kier alpha value is -2.30. The molecule has 9 N–H and O–H groups in total. The lowest BCUT2D eigenvalue weighted by Gasteiger charge is -2.10. The average molecular weight is 400 g/mol. The molecule has 9 nitrogen and oxygen atoms in total. The molecule has 1 rings (SSSR count). The van der Waals surface area contributed by atoms with Gasteiger partial charge in [-0.2, -0.15) is 11.8 Å². The highest BCUT2D eigenvalue weighted by molar-refractivity contribution is 7.98. The number of carbonyl (C=O) groups is 2. The molecule has 0 spiro atoms. The number of ether oxygens (including phenoxy) is 1. The number of nitrogens with two attached hydrogens (primary N) is 4. The van der Waals surface area contributed by atoms with Crippen molar-refractivity contribution in [1.82, 2.24) is 0 Å². The highest BCUT2D eigenvalue weighted by Crippen LogP contribution is 2.10. The smallest absolute Gasteiger partial charge is 0.328 e. The van der Waals surface area contributed by atoms with Gasteiger partial charge in [0.1, 0.15) is 17.8 Å². The topological polar surface area (TPSA) is 180 Å². The van der Waals surface area contributed by atoms with Crippen molar-refractivity contribution in [2.24, 2.45) is 27.9 Å². The van der Waals surface area contributed by atoms with Gasteiger partial charge in [-0.3, -0.25) is 9.79 Å². The normalized spacial score (nSPS) is 12.1. The van der Waals surface area contributed by atoms with Crippen LogP contribution in [0.15, 0.2) is 35.3 Å². The number of para-hydroxylation sites is 1. The van der Waals surface area contributed by atoms with Crippen molar-refractivity contribution in [3.05, 3.63) is 30.3 Å². The summed E-state index contributed by atoms with van der Waals surface area (Å²) in [6, 6.07) is 7.62. The van der Waals surface area contributed by atoms with Crippen LogP contribution >= 0.6 is 11.8 Å². The lowest BCUT2D eigenvalue weighted by atomic mass is 10.2. The summed E-state index contributed by atoms with van der Waals surface area (Å²) in [4.78, 5) is 25.4. The van der Waals surface area contributed by atoms with Crippen LogP contribution in [0.25, 0.3) is 0 Å². The van der Waals surface area contributed by atoms with Crippen LogP contribution in [0.3, 0.4) is 0 Å². The molecule has 0 amide bonds. The van der Waals surface area contributed by atoms with Crippen LogP contribution in [0.5, 0.6) is 5.75 Å². The summed E-state index contributed by atoms with van der Waals surface area (Å²) in [6.07, 6.45) is 3.58. The predicted molar refractivity (Wildman–Crippen MR) is 109 cm³/mol. The third-order valence-corrected chi connectivity index (χ3v) is 3.83. The molecule has 0 saturated heterocycles. The van der Waals surface area contributed by atoms with Crippen LogP contribution in [0.4, 0.5) is 0 Å². The van der Waals surface area contributed by atoms with Crippen molar-refractivity contribution in [1.29, 1.82) is 0 Å². The van der Waals surface area contributed by atoms with E-state index in [-0.39, 0.29) is 11.9 Å². The van der Waals surface area contributed by atoms with Crippen molar-refractivity contribution in [3.63, 3.8) is 0 Å². The summed E-state index contributed by atoms with van der Waals surface area (Å²) in [7, 11) is 0. The number of carboxylic acid groups (broad SMARTS) is 1. The van der Waals surface area contributed by atoms with Crippen LogP contribution in [-0.4, -0.2) is 53.6 Å². The number of hydrogen-bond donors (Lipinski definition) is 5. The zero-order valence-corrected chi connectivity index (χ0v) is 16.2. The van der Waals surface area contributed by atoms with Crippen LogP contribution in [0.1, 0.15) is 19.3 Å². The molecule has 2 atom stereocenters. The average Bonchev–Trinajstić information content (AvgIpc) is 2.64. The Morgan fingerprint density at radius 2 is 1.78 bits per heavy atom. The fraction of sp³-hybridized carbons (Fsp3) is 0.471. The van der Waals surface area contributed by atoms with Gasteiger partial charge in [-0.1, -0.05) is 18.2 Å². The van der Waals surface area contributed by atoms with E-state index in [4.69, 9.17) is 32.8 Å². The molecular formula is C17H29N5O4S. The van der Waals surface area contributed by atoms with Gasteiger partial charge in [0.2, 0.25) is 0 Å². The van der Waals surface area contributed by atoms with Gasteiger partial charge in [0.05, 0.1) is 0 Å². The summed E-state index contributed by atoms with van der Waals surface area (Å²) in [6.45, 7) is 0.420. The van der Waals surface area contributed by atoms with Crippen molar-refractivity contribution < 1.29 is 19.4 Å². The Balaban J connectivity index is 0.000000516. The van der Waals surface area contributed by atoms with E-state index in [1.807, 2.05) is 24.5 Å². The Kier molecular flexibility index (Phi) is 13.6. The zero-order valence-electron chi connectivity index (χ0n) is 15.4. The number of aliphatic carboxylic acids is 1. The van der Waals surface area contributed by atoms with E-state index in [1.54, 1.807) is 23.9 Å². The maximum atomic E-state index is 11.5. The number of carbonyl (C=O) groups excluding carboxylic acids is 1. The summed E-state index contributed by atoms with van der Waals surface area (Å²) in [5, 5.41) is 8.38. The van der Waals surface area contributed by atoms with Gasteiger partial charge in [-0.25, -0.2) is 4.79 Å². The monoisotopic (exact) mass is 399 g/mol. The van der Waals surface area contributed by atoms with Gasteiger partial charge in [0.15, 0.2) is 5.96 Å². The summed E-state index contributed by atoms with van der Waals surface area (Å²) in [5.74, 6) is 0.0568. The van der Waals surface area contributed by atoms with Crippen LogP contribution in [0, 0.1) is 0 Å². The molecule has 0 aromatic heterocycles. The lowest BCUT2D eigenvalue weighted by molar-refractivity contribution is -0.138. The van der Waals surface area contributed by atoms with Gasteiger partial charge in [0.25, 0.3) is 0 Å². The number of aliphatic imine (C=N–C) groups is 1. The standard InChI is InChI=1S/C11H15NO2S.C6H14N4O2/c1-15-8-7-10(12)11(13)14-9-5-3-2-4-6-9;7-4(5(11)12)2-1-3-10-6(8)9/h2-6,10H,7-8,12H2,1H3;4H,1-3,7H2,(H,11,12)(H4,8,9,10)/t10-;4-/m00/s1. The lowest BCUT2D eigenvalue weighted by Crippen LogP contribution is -2.34. The number of guanidine groups is 1. The first-order chi connectivity index (χ1) is 12.8. The minimum Gasteiger partial charge on any atom is -0.480 e. The van der Waals surface area contributed by atoms with E-state index < -0.39 is 18.1 Å². The quantitative estimate of drug-likeness (QED) is 0.120. The second kappa shape index (κ2) is 14.8. The Bertz CT molecular complexity index is 582. The van der Waals surface area contributed by atoms with E-state index >= 15 is 0 Å². The molecule has 0 heterocycles. The first kappa shape index (κ1) is 24.7. The van der Waals surface area contributed by atoms with Gasteiger partial charge in [0, 0.05) is 6.54 Å². The molecule has 10 heteroatoms. The van der Waals surface area contributed by atoms with Gasteiger partial charge < -0.3 is 32.8 Å². The number of benzene rings is 1. The fourth-order valence-corrected chi connectivity index (χ4v) is 2.18. The molecule has 0 fully saturated rings. The van der Waals surface area contributed by atoms with Crippen LogP contribution in [0.2, 0.25) is 0 Å². The van der Waals surface area contributed by atoms with Crippen molar-refractivity contribution in [3.8, 4) is 5.75 Å². The second-order valence-corrected chi connectivity index (χ2v) is 6.50. The van der Waals surface area contributed by atoms with E-state index in [0.717, 1.165) is 5.75 Å². The number of hydrogen-bond acceptors (Lipinski definition) is 7. The maximum absolute atomic E-state index is 11.5. The van der Waals surface area contributed by atoms with Gasteiger partial charge in [-0.15, -0.1) is 0 Å². The number of thioether (sulfide) groups is 1. The van der Waals surface area contributed by atoms with Gasteiger partial charge >= 0.3 is 11.9 Å². The fourth-order valence-electron chi connectivity index (χ4n) is 1.69. The number of esters is 1. The summed E-state index contributed by atoms with van der Waals surface area (Å²) >= 11 is 1.67. The minimum absolute atomic E-state index is 0.0129. The molecule has 0 radical (unpaired) electrons. The second-order valence-electron chi connectivity index (χ2n) is 5.52. The maximum Gasteiger partial charge on any atom is 0.328 e. The first-order valence-electron chi connectivity index (χ1n) is 8.33. The molecule has 1 aromatic carbocycles. The molecule has 0 aliphatic carbocycles. The zero-order chi connectivity index (χ0) is 20.7. The summed E-state index contributed by atoms with van der Waals surface area (Å²) < 4.78 is 5.10. The van der Waals surface area contributed by atoms with Gasteiger partial charge in [-0.05, 0) is 43.4 Å². The van der Waals surface area contributed by atoms with Crippen molar-refractivity contribution in [2.75, 3.05) is 18.6 Å². The first-order valence-corrected chi connectivity index (χ1v) is 9.72. The molecule has 0 bridgehead atoms. The minimum atomic E-state index is -1.00. The SMILES string of the molecule is CSCC[C@H](N)C(=O)Oc1ccccc1.NC(N)=NCCC[C@H](N)C(=O)O. The molecule has 1 aromatic rings. The third kappa shape index (κ3) is 13.5. The van der Waals surface area contributed by atoms with E-state index in [0.29, 0.717) is 31.6 Å². The highest BCUT2D eigenvalue weighted by atomic mass is 32.2. The van der Waals surface area contributed by atoms with E-state index in [2.05, 4.69) is 4.99 Å². The molecular weight excluding hydrogens is 370 g/mol. The Morgan fingerprint density at radius 1 is 1.15 bits per heavy atom. The number of carboxylic acids is 1. The molecule has 27 heavy (non-hydrogen) atoms. The number of nitrogens with zero attached hydrogens (tertiary/aromatic N) is 1. The Morgan fingerprint density at radius 3 is 2.30 bits per heavy atom. The number of rotatable bonds is 10. The van der Waals surface area contributed by atoms with Crippen molar-refractivity contribution in [2.45, 2.75) is 31.3 Å². The molecule has 0 saturated carbocycles. The van der Waals surface area contributed by atoms with Crippen LogP contribution in [-0.2, 0) is 9.59 Å². The van der Waals surface area contributed by atoms with Crippen LogP contribution < -0.4 is 27.7 Å². The predicted octanol–water partition coefficient (Wildman–Crippen LogP) is 0.124. The van der Waals surface area contributed by atoms with E-state index in [9.17, 15) is 9.59 Å². The summed E-state index contributed by atoms with van der Waals surface area (Å²) in [5.41, 5.74) is 21.0. The van der Waals surface area contributed by atoms with E-state index in [1.165, 1.54) is 0 Å². The molecule has 0 aliphatic rings. The third-order valence-electron chi connectivity index (χ3n) is 3.18. The molecule has 0 unspecified atom stereocenters. The Labute approximate surface area is 163 Å².